The number of aliphatic hydroxyl groups is 2. The van der Waals surface area contributed by atoms with Gasteiger partial charge in [-0.3, -0.25) is 13.8 Å². The first-order chi connectivity index (χ1) is 29.3. The molecule has 0 aliphatic carbocycles. The molecule has 3 atom stereocenters. The van der Waals surface area contributed by atoms with Gasteiger partial charge in [0.25, 0.3) is 0 Å². The van der Waals surface area contributed by atoms with Crippen LogP contribution in [0.4, 0.5) is 0 Å². The molecular weight excluding hydrogens is 776 g/mol. The molecule has 0 bridgehead atoms. The summed E-state index contributed by atoms with van der Waals surface area (Å²) in [6.07, 6.45) is 58.0. The van der Waals surface area contributed by atoms with Crippen molar-refractivity contribution in [2.45, 2.75) is 180 Å². The van der Waals surface area contributed by atoms with Gasteiger partial charge >= 0.3 is 13.8 Å². The molecule has 0 aromatic rings. The monoisotopic (exact) mass is 861 g/mol. The lowest BCUT2D eigenvalue weighted by atomic mass is 10.0. The Bertz CT molecular complexity index is 1250. The van der Waals surface area contributed by atoms with E-state index < -0.39 is 45.8 Å². The second-order valence-corrected chi connectivity index (χ2v) is 16.5. The number of esters is 1. The molecule has 0 aromatic heterocycles. The first-order valence-electron chi connectivity index (χ1n) is 23.2. The number of hydrogen-bond donors (Lipinski definition) is 3. The molecule has 0 rings (SSSR count). The summed E-state index contributed by atoms with van der Waals surface area (Å²) >= 11 is 0. The molecule has 0 aliphatic heterocycles. The molecule has 60 heavy (non-hydrogen) atoms. The normalized spacial score (nSPS) is 14.8. The number of allylic oxidation sites excluding steroid dienone is 16. The molecule has 0 amide bonds. The van der Waals surface area contributed by atoms with E-state index in [1.54, 1.807) is 0 Å². The predicted molar refractivity (Wildman–Crippen MR) is 251 cm³/mol. The van der Waals surface area contributed by atoms with E-state index in [9.17, 15) is 19.4 Å². The van der Waals surface area contributed by atoms with Crippen LogP contribution in [0, 0.1) is 0 Å². The van der Waals surface area contributed by atoms with Crippen molar-refractivity contribution >= 4 is 13.8 Å². The highest BCUT2D eigenvalue weighted by molar-refractivity contribution is 7.47. The second kappa shape index (κ2) is 45.9. The molecule has 3 unspecified atom stereocenters. The van der Waals surface area contributed by atoms with Gasteiger partial charge in [0.05, 0.1) is 26.4 Å². The Morgan fingerprint density at radius 3 is 1.35 bits per heavy atom. The highest BCUT2D eigenvalue weighted by Crippen LogP contribution is 2.43. The summed E-state index contributed by atoms with van der Waals surface area (Å²) in [5, 5.41) is 18.4. The first-order valence-corrected chi connectivity index (χ1v) is 24.7. The van der Waals surface area contributed by atoms with Crippen molar-refractivity contribution in [3.8, 4) is 0 Å². The molecule has 0 aliphatic rings. The highest BCUT2D eigenvalue weighted by Gasteiger charge is 2.26. The third-order valence-electron chi connectivity index (χ3n) is 9.27. The number of phosphoric acid groups is 1. The van der Waals surface area contributed by atoms with Crippen LogP contribution in [0.5, 0.6) is 0 Å². The summed E-state index contributed by atoms with van der Waals surface area (Å²) in [5.41, 5.74) is 0. The van der Waals surface area contributed by atoms with Crippen LogP contribution >= 0.6 is 7.82 Å². The lowest BCUT2D eigenvalue weighted by molar-refractivity contribution is -0.154. The molecule has 0 saturated carbocycles. The van der Waals surface area contributed by atoms with Gasteiger partial charge in [-0.2, -0.15) is 0 Å². The van der Waals surface area contributed by atoms with E-state index in [0.717, 1.165) is 103 Å². The van der Waals surface area contributed by atoms with Crippen LogP contribution in [0.25, 0.3) is 0 Å². The van der Waals surface area contributed by atoms with Gasteiger partial charge in [0.15, 0.2) is 0 Å². The maximum atomic E-state index is 12.7. The lowest BCUT2D eigenvalue weighted by Gasteiger charge is -2.20. The third-order valence-corrected chi connectivity index (χ3v) is 10.2. The van der Waals surface area contributed by atoms with Gasteiger partial charge in [0.2, 0.25) is 0 Å². The van der Waals surface area contributed by atoms with Gasteiger partial charge in [-0.15, -0.1) is 0 Å². The van der Waals surface area contributed by atoms with Crippen molar-refractivity contribution in [1.82, 2.24) is 0 Å². The predicted octanol–water partition coefficient (Wildman–Crippen LogP) is 13.3. The van der Waals surface area contributed by atoms with E-state index in [2.05, 4.69) is 111 Å². The number of unbranched alkanes of at least 4 members (excludes halogenated alkanes) is 13. The number of rotatable bonds is 43. The number of phosphoric ester groups is 1. The summed E-state index contributed by atoms with van der Waals surface area (Å²) in [5.74, 6) is -0.403. The number of carbonyl (C=O) groups excluding carboxylic acids is 1. The van der Waals surface area contributed by atoms with Crippen LogP contribution in [0.2, 0.25) is 0 Å². The fraction of sp³-hybridized carbons (Fsp3) is 0.660. The van der Waals surface area contributed by atoms with Gasteiger partial charge in [0, 0.05) is 13.0 Å². The Morgan fingerprint density at radius 2 is 0.900 bits per heavy atom. The van der Waals surface area contributed by atoms with Crippen LogP contribution in [0.1, 0.15) is 168 Å². The standard InChI is InChI=1S/C50H85O9P/c1-3-5-7-9-11-13-15-17-19-21-22-23-24-25-26-27-28-30-32-34-36-38-40-42-50(53)59-49(47-58-60(54,55)57-45-48(52)44-51)46-56-43-41-39-37-35-33-31-29-20-18-16-14-12-10-8-6-4-2/h5-8,11-14,17-20,22-23,31,33,48-49,51-52H,3-4,9-10,15-16,21,24-30,32,34-47H2,1-2H3,(H,54,55)/b7-5-,8-6-,13-11-,14-12-,19-17-,20-18-,23-22-,33-31-. The maximum absolute atomic E-state index is 12.7. The summed E-state index contributed by atoms with van der Waals surface area (Å²) in [7, 11) is -4.54. The first kappa shape index (κ1) is 57.4. The highest BCUT2D eigenvalue weighted by atomic mass is 31.2. The summed E-state index contributed by atoms with van der Waals surface area (Å²) in [4.78, 5) is 22.6. The van der Waals surface area contributed by atoms with Crippen molar-refractivity contribution in [3.05, 3.63) is 97.2 Å². The Hall–Kier alpha value is -2.62. The Balaban J connectivity index is 4.18. The number of ether oxygens (including phenoxy) is 2. The molecule has 9 nitrogen and oxygen atoms in total. The molecule has 344 valence electrons. The minimum Gasteiger partial charge on any atom is -0.457 e. The molecule has 3 N–H and O–H groups in total. The van der Waals surface area contributed by atoms with E-state index in [4.69, 9.17) is 23.6 Å². The second-order valence-electron chi connectivity index (χ2n) is 15.0. The smallest absolute Gasteiger partial charge is 0.457 e. The Labute approximate surface area is 366 Å². The minimum absolute atomic E-state index is 0.0201. The average molecular weight is 861 g/mol. The zero-order valence-corrected chi connectivity index (χ0v) is 38.5. The SMILES string of the molecule is CC/C=C\C/C=C\C/C=C\C/C=C\CCCCCCCCCCCCC(=O)OC(COCCCCC/C=C\C/C=C\C/C=C\C/C=C\CC)COP(=O)(O)OCC(O)CO. The van der Waals surface area contributed by atoms with Crippen LogP contribution in [0.15, 0.2) is 97.2 Å². The van der Waals surface area contributed by atoms with Crippen molar-refractivity contribution in [1.29, 1.82) is 0 Å². The topological polar surface area (TPSA) is 132 Å². The molecule has 0 spiro atoms. The van der Waals surface area contributed by atoms with Gasteiger partial charge in [-0.1, -0.05) is 169 Å². The van der Waals surface area contributed by atoms with Crippen molar-refractivity contribution < 1.29 is 43.0 Å². The summed E-state index contributed by atoms with van der Waals surface area (Å²) in [6.45, 7) is 3.19. The van der Waals surface area contributed by atoms with E-state index in [1.165, 1.54) is 38.5 Å². The van der Waals surface area contributed by atoms with E-state index >= 15 is 0 Å². The fourth-order valence-corrected chi connectivity index (χ4v) is 6.60. The molecular formula is C50H85O9P. The summed E-state index contributed by atoms with van der Waals surface area (Å²) < 4.78 is 33.4. The average Bonchev–Trinajstić information content (AvgIpc) is 3.24. The van der Waals surface area contributed by atoms with Crippen molar-refractivity contribution in [2.75, 3.05) is 33.0 Å². The number of aliphatic hydroxyl groups excluding tert-OH is 2. The number of hydrogen-bond acceptors (Lipinski definition) is 8. The molecule has 0 heterocycles. The molecule has 0 aromatic carbocycles. The molecule has 0 saturated heterocycles. The van der Waals surface area contributed by atoms with Crippen LogP contribution in [-0.4, -0.2) is 66.3 Å². The molecule has 0 fully saturated rings. The Morgan fingerprint density at radius 1 is 0.517 bits per heavy atom. The van der Waals surface area contributed by atoms with Crippen LogP contribution < -0.4 is 0 Å². The number of carbonyl (C=O) groups is 1. The van der Waals surface area contributed by atoms with E-state index in [0.29, 0.717) is 13.0 Å². The van der Waals surface area contributed by atoms with E-state index in [-0.39, 0.29) is 13.0 Å². The van der Waals surface area contributed by atoms with E-state index in [1.807, 2.05) is 0 Å². The molecule has 0 radical (unpaired) electrons. The van der Waals surface area contributed by atoms with Gasteiger partial charge < -0.3 is 24.6 Å². The quantitative estimate of drug-likeness (QED) is 0.0237. The largest absolute Gasteiger partial charge is 0.472 e. The zero-order chi connectivity index (χ0) is 43.9. The maximum Gasteiger partial charge on any atom is 0.472 e. The van der Waals surface area contributed by atoms with Gasteiger partial charge in [0.1, 0.15) is 12.2 Å². The van der Waals surface area contributed by atoms with Crippen LogP contribution in [-0.2, 0) is 27.9 Å². The zero-order valence-electron chi connectivity index (χ0n) is 37.6. The van der Waals surface area contributed by atoms with Crippen LogP contribution in [0.3, 0.4) is 0 Å². The minimum atomic E-state index is -4.54. The van der Waals surface area contributed by atoms with Crippen molar-refractivity contribution in [2.24, 2.45) is 0 Å². The Kier molecular flexibility index (Phi) is 43.9. The lowest BCUT2D eigenvalue weighted by Crippen LogP contribution is -2.29. The third kappa shape index (κ3) is 44.9. The van der Waals surface area contributed by atoms with Crippen molar-refractivity contribution in [3.63, 3.8) is 0 Å². The van der Waals surface area contributed by atoms with Gasteiger partial charge in [-0.25, -0.2) is 4.57 Å². The van der Waals surface area contributed by atoms with Gasteiger partial charge in [-0.05, 0) is 89.9 Å². The molecule has 10 heteroatoms. The fourth-order valence-electron chi connectivity index (χ4n) is 5.81. The summed E-state index contributed by atoms with van der Waals surface area (Å²) in [6, 6.07) is 0.